The second-order valence-corrected chi connectivity index (χ2v) is 7.21. The molecular weight excluding hydrogens is 374 g/mol. The summed E-state index contributed by atoms with van der Waals surface area (Å²) in [5.41, 5.74) is 4.54. The van der Waals surface area contributed by atoms with Gasteiger partial charge >= 0.3 is 12.2 Å². The lowest BCUT2D eigenvalue weighted by Gasteiger charge is -2.23. The molecule has 0 saturated carbocycles. The number of hydrogen-bond acceptors (Lipinski definition) is 5. The Morgan fingerprint density at radius 3 is 2.03 bits per heavy atom. The third-order valence-corrected chi connectivity index (χ3v) is 3.53. The van der Waals surface area contributed by atoms with Crippen molar-refractivity contribution in [3.05, 3.63) is 66.2 Å². The number of nitrogens with one attached hydrogen (secondary N) is 3. The average Bonchev–Trinajstić information content (AvgIpc) is 2.66. The maximum Gasteiger partial charge on any atom is 0.431 e. The first kappa shape index (κ1) is 21.7. The maximum atomic E-state index is 12.6. The van der Waals surface area contributed by atoms with Crippen LogP contribution in [0.25, 0.3) is 0 Å². The number of amides is 3. The number of carbonyl (C=O) groups is 3. The number of ether oxygens (including phenoxy) is 2. The highest BCUT2D eigenvalue weighted by Crippen LogP contribution is 2.09. The smallest absolute Gasteiger partial charge is 0.431 e. The van der Waals surface area contributed by atoms with E-state index < -0.39 is 29.7 Å². The summed E-state index contributed by atoms with van der Waals surface area (Å²) in [4.78, 5) is 36.5. The molecule has 0 unspecified atom stereocenters. The van der Waals surface area contributed by atoms with Crippen LogP contribution in [0.1, 0.15) is 26.3 Å². The predicted molar refractivity (Wildman–Crippen MR) is 107 cm³/mol. The Morgan fingerprint density at radius 2 is 1.45 bits per heavy atom. The zero-order valence-corrected chi connectivity index (χ0v) is 16.6. The van der Waals surface area contributed by atoms with Crippen LogP contribution in [0.3, 0.4) is 0 Å². The second-order valence-electron chi connectivity index (χ2n) is 7.21. The molecule has 1 atom stereocenters. The van der Waals surface area contributed by atoms with E-state index in [1.807, 2.05) is 30.3 Å². The monoisotopic (exact) mass is 399 g/mol. The molecule has 3 N–H and O–H groups in total. The molecule has 154 valence electrons. The first-order chi connectivity index (χ1) is 13.7. The summed E-state index contributed by atoms with van der Waals surface area (Å²) in [6.07, 6.45) is -1.39. The van der Waals surface area contributed by atoms with E-state index in [2.05, 4.69) is 16.2 Å². The van der Waals surface area contributed by atoms with Gasteiger partial charge in [0.1, 0.15) is 17.4 Å². The molecule has 0 aliphatic heterocycles. The summed E-state index contributed by atoms with van der Waals surface area (Å²) in [6.45, 7) is 5.17. The second kappa shape index (κ2) is 10.1. The van der Waals surface area contributed by atoms with Crippen molar-refractivity contribution in [2.24, 2.45) is 0 Å². The Kier molecular flexibility index (Phi) is 7.59. The van der Waals surface area contributed by atoms with Crippen LogP contribution in [0.2, 0.25) is 0 Å². The van der Waals surface area contributed by atoms with E-state index in [-0.39, 0.29) is 6.42 Å². The van der Waals surface area contributed by atoms with Gasteiger partial charge in [0.05, 0.1) is 0 Å². The Balaban J connectivity index is 1.97. The van der Waals surface area contributed by atoms with Crippen LogP contribution in [0.5, 0.6) is 5.75 Å². The van der Waals surface area contributed by atoms with Crippen LogP contribution < -0.4 is 20.9 Å². The normalized spacial score (nSPS) is 11.7. The van der Waals surface area contributed by atoms with Crippen molar-refractivity contribution >= 4 is 18.1 Å². The summed E-state index contributed by atoms with van der Waals surface area (Å²) in [6, 6.07) is 16.6. The molecule has 3 amide bonds. The molecule has 2 rings (SSSR count). The van der Waals surface area contributed by atoms with Gasteiger partial charge in [-0.05, 0) is 38.5 Å². The van der Waals surface area contributed by atoms with E-state index in [9.17, 15) is 14.4 Å². The molecule has 0 saturated heterocycles. The van der Waals surface area contributed by atoms with Crippen molar-refractivity contribution in [1.82, 2.24) is 16.2 Å². The summed E-state index contributed by atoms with van der Waals surface area (Å²) in [7, 11) is 0. The van der Waals surface area contributed by atoms with Crippen LogP contribution in [-0.2, 0) is 16.0 Å². The van der Waals surface area contributed by atoms with Crippen LogP contribution in [0.4, 0.5) is 9.59 Å². The zero-order chi connectivity index (χ0) is 21.3. The Labute approximate surface area is 169 Å². The van der Waals surface area contributed by atoms with Gasteiger partial charge in [0.2, 0.25) is 0 Å². The van der Waals surface area contributed by atoms with Crippen LogP contribution >= 0.6 is 0 Å². The lowest BCUT2D eigenvalue weighted by atomic mass is 10.1. The summed E-state index contributed by atoms with van der Waals surface area (Å²) < 4.78 is 10.3. The largest absolute Gasteiger partial charge is 0.444 e. The minimum absolute atomic E-state index is 0.210. The van der Waals surface area contributed by atoms with E-state index >= 15 is 0 Å². The minimum Gasteiger partial charge on any atom is -0.444 e. The molecule has 0 aliphatic carbocycles. The van der Waals surface area contributed by atoms with Gasteiger partial charge in [0, 0.05) is 6.42 Å². The van der Waals surface area contributed by atoms with E-state index in [0.29, 0.717) is 5.75 Å². The Hall–Kier alpha value is -3.55. The molecule has 8 heteroatoms. The molecule has 0 aliphatic rings. The van der Waals surface area contributed by atoms with Gasteiger partial charge in [-0.2, -0.15) is 0 Å². The van der Waals surface area contributed by atoms with Gasteiger partial charge in [-0.15, -0.1) is 0 Å². The lowest BCUT2D eigenvalue weighted by molar-refractivity contribution is -0.124. The maximum absolute atomic E-state index is 12.6. The van der Waals surface area contributed by atoms with Gasteiger partial charge < -0.3 is 14.8 Å². The Morgan fingerprint density at radius 1 is 0.862 bits per heavy atom. The highest BCUT2D eigenvalue weighted by molar-refractivity contribution is 5.87. The van der Waals surface area contributed by atoms with Crippen molar-refractivity contribution < 1.29 is 23.9 Å². The summed E-state index contributed by atoms with van der Waals surface area (Å²) >= 11 is 0. The number of para-hydroxylation sites is 1. The van der Waals surface area contributed by atoms with Crippen LogP contribution in [0.15, 0.2) is 60.7 Å². The summed E-state index contributed by atoms with van der Waals surface area (Å²) in [5.74, 6) is -0.295. The number of hydrazine groups is 1. The molecule has 0 bridgehead atoms. The molecule has 2 aromatic carbocycles. The average molecular weight is 399 g/mol. The number of carbonyl (C=O) groups excluding carboxylic acids is 3. The fraction of sp³-hybridized carbons (Fsp3) is 0.286. The third-order valence-electron chi connectivity index (χ3n) is 3.53. The molecule has 8 nitrogen and oxygen atoms in total. The van der Waals surface area contributed by atoms with Gasteiger partial charge in [-0.3, -0.25) is 10.2 Å². The summed E-state index contributed by atoms with van der Waals surface area (Å²) in [5, 5.41) is 2.53. The van der Waals surface area contributed by atoms with Gasteiger partial charge in [-0.1, -0.05) is 48.5 Å². The molecule has 0 spiro atoms. The fourth-order valence-corrected chi connectivity index (χ4v) is 2.33. The van der Waals surface area contributed by atoms with Crippen molar-refractivity contribution in [2.75, 3.05) is 0 Å². The molecular formula is C21H25N3O5. The SMILES string of the molecule is CC(C)(C)OC(=O)N[C@@H](Cc1ccccc1)C(=O)NNC(=O)Oc1ccccc1. The number of hydrogen-bond donors (Lipinski definition) is 3. The molecule has 0 aromatic heterocycles. The molecule has 0 heterocycles. The van der Waals surface area contributed by atoms with Crippen molar-refractivity contribution in [3.63, 3.8) is 0 Å². The zero-order valence-electron chi connectivity index (χ0n) is 16.6. The quantitative estimate of drug-likeness (QED) is 0.671. The minimum atomic E-state index is -0.968. The molecule has 2 aromatic rings. The van der Waals surface area contributed by atoms with Crippen LogP contribution in [-0.4, -0.2) is 29.7 Å². The standard InChI is InChI=1S/C21H25N3O5/c1-21(2,3)29-19(26)22-17(14-15-10-6-4-7-11-15)18(25)23-24-20(27)28-16-12-8-5-9-13-16/h4-13,17H,14H2,1-3H3,(H,22,26)(H,23,25)(H,24,27)/t17-/m0/s1. The van der Waals surface area contributed by atoms with Crippen molar-refractivity contribution in [3.8, 4) is 5.75 Å². The highest BCUT2D eigenvalue weighted by Gasteiger charge is 2.25. The number of rotatable bonds is 5. The fourth-order valence-electron chi connectivity index (χ4n) is 2.33. The molecule has 0 fully saturated rings. The molecule has 0 radical (unpaired) electrons. The third kappa shape index (κ3) is 8.34. The van der Waals surface area contributed by atoms with Gasteiger partial charge in [0.15, 0.2) is 0 Å². The highest BCUT2D eigenvalue weighted by atomic mass is 16.6. The van der Waals surface area contributed by atoms with E-state index in [4.69, 9.17) is 9.47 Å². The van der Waals surface area contributed by atoms with Crippen molar-refractivity contribution in [2.45, 2.75) is 38.8 Å². The molecule has 29 heavy (non-hydrogen) atoms. The van der Waals surface area contributed by atoms with E-state index in [0.717, 1.165) is 5.56 Å². The first-order valence-corrected chi connectivity index (χ1v) is 9.09. The Bertz CT molecular complexity index is 819. The van der Waals surface area contributed by atoms with Crippen molar-refractivity contribution in [1.29, 1.82) is 0 Å². The van der Waals surface area contributed by atoms with E-state index in [1.54, 1.807) is 51.1 Å². The first-order valence-electron chi connectivity index (χ1n) is 9.09. The van der Waals surface area contributed by atoms with Gasteiger partial charge in [0.25, 0.3) is 5.91 Å². The number of alkyl carbamates (subject to hydrolysis) is 1. The number of benzene rings is 2. The lowest BCUT2D eigenvalue weighted by Crippen LogP contribution is -2.54. The topological polar surface area (TPSA) is 106 Å². The van der Waals surface area contributed by atoms with Gasteiger partial charge in [-0.25, -0.2) is 15.0 Å². The predicted octanol–water partition coefficient (Wildman–Crippen LogP) is 2.94. The van der Waals surface area contributed by atoms with Crippen LogP contribution in [0, 0.1) is 0 Å². The van der Waals surface area contributed by atoms with E-state index in [1.165, 1.54) is 0 Å².